The van der Waals surface area contributed by atoms with Crippen LogP contribution in [0.25, 0.3) is 0 Å². The smallest absolute Gasteiger partial charge is 0.254 e. The fourth-order valence-electron chi connectivity index (χ4n) is 5.24. The van der Waals surface area contributed by atoms with E-state index in [1.807, 2.05) is 4.90 Å². The molecule has 0 bridgehead atoms. The first kappa shape index (κ1) is 25.6. The Bertz CT molecular complexity index is 1190. The average Bonchev–Trinajstić information content (AvgIpc) is 3.60. The third-order valence-electron chi connectivity index (χ3n) is 7.31. The van der Waals surface area contributed by atoms with Gasteiger partial charge in [0.05, 0.1) is 0 Å². The van der Waals surface area contributed by atoms with Gasteiger partial charge in [-0.2, -0.15) is 0 Å². The molecule has 2 atom stereocenters. The highest BCUT2D eigenvalue weighted by atomic mass is 32.1. The number of likely N-dealkylation sites (tertiary alicyclic amines) is 1. The minimum Gasteiger partial charge on any atom is -0.338 e. The number of carbonyl (C=O) groups is 2. The van der Waals surface area contributed by atoms with E-state index in [1.54, 1.807) is 16.2 Å². The van der Waals surface area contributed by atoms with Crippen LogP contribution in [-0.4, -0.2) is 71.3 Å². The molecule has 0 saturated carbocycles. The molecule has 0 spiro atoms. The summed E-state index contributed by atoms with van der Waals surface area (Å²) in [5.74, 6) is -0.599. The van der Waals surface area contributed by atoms with E-state index in [4.69, 9.17) is 0 Å². The first-order valence-electron chi connectivity index (χ1n) is 12.9. The van der Waals surface area contributed by atoms with Crippen molar-refractivity contribution in [3.8, 4) is 0 Å². The van der Waals surface area contributed by atoms with E-state index in [-0.39, 0.29) is 23.7 Å². The summed E-state index contributed by atoms with van der Waals surface area (Å²) >= 11 is 1.72. The van der Waals surface area contributed by atoms with E-state index < -0.39 is 6.04 Å². The van der Waals surface area contributed by atoms with Gasteiger partial charge < -0.3 is 15.1 Å². The highest BCUT2D eigenvalue weighted by Crippen LogP contribution is 2.29. The summed E-state index contributed by atoms with van der Waals surface area (Å²) in [5.41, 5.74) is 2.83. The van der Waals surface area contributed by atoms with Gasteiger partial charge >= 0.3 is 0 Å². The number of halogens is 1. The molecular weight excluding hydrogens is 487 g/mol. The summed E-state index contributed by atoms with van der Waals surface area (Å²) in [6.07, 6.45) is 0.576. The number of aryl methyl sites for hydroxylation is 1. The molecule has 2 aliphatic heterocycles. The Balaban J connectivity index is 1.43. The maximum atomic E-state index is 13.7. The molecule has 2 aromatic carbocycles. The summed E-state index contributed by atoms with van der Waals surface area (Å²) in [5, 5.41) is 5.37. The molecule has 3 aromatic rings. The van der Waals surface area contributed by atoms with Crippen LogP contribution in [0.15, 0.2) is 66.0 Å². The van der Waals surface area contributed by atoms with E-state index in [9.17, 15) is 14.0 Å². The van der Waals surface area contributed by atoms with Crippen molar-refractivity contribution in [2.24, 2.45) is 0 Å². The molecule has 2 saturated heterocycles. The molecule has 2 amide bonds. The average molecular weight is 521 g/mol. The van der Waals surface area contributed by atoms with Crippen molar-refractivity contribution in [3.63, 3.8) is 0 Å². The molecule has 2 unspecified atom stereocenters. The molecule has 5 rings (SSSR count). The lowest BCUT2D eigenvalue weighted by Gasteiger charge is -2.32. The van der Waals surface area contributed by atoms with Gasteiger partial charge in [-0.05, 0) is 54.6 Å². The van der Waals surface area contributed by atoms with Gasteiger partial charge in [-0.3, -0.25) is 14.5 Å². The summed E-state index contributed by atoms with van der Waals surface area (Å²) in [7, 11) is 0. The van der Waals surface area contributed by atoms with Crippen molar-refractivity contribution in [3.05, 3.63) is 93.4 Å². The van der Waals surface area contributed by atoms with Crippen molar-refractivity contribution >= 4 is 23.2 Å². The first-order chi connectivity index (χ1) is 18.0. The number of rotatable bonds is 7. The third kappa shape index (κ3) is 6.09. The predicted octanol–water partition coefficient (Wildman–Crippen LogP) is 3.91. The lowest BCUT2D eigenvalue weighted by molar-refractivity contribution is -0.135. The van der Waals surface area contributed by atoms with Crippen LogP contribution >= 0.6 is 11.3 Å². The fraction of sp³-hybridized carbons (Fsp3) is 0.379. The molecule has 1 aromatic heterocycles. The zero-order valence-corrected chi connectivity index (χ0v) is 21.9. The quantitative estimate of drug-likeness (QED) is 0.513. The van der Waals surface area contributed by atoms with Crippen molar-refractivity contribution in [1.29, 1.82) is 0 Å². The number of piperazine rings is 1. The molecule has 37 heavy (non-hydrogen) atoms. The van der Waals surface area contributed by atoms with Gasteiger partial charge in [0.2, 0.25) is 5.91 Å². The standard InChI is InChI=1S/C29H33FN4O2S/c1-21-4-6-22(7-5-21)18-33(20-26-3-2-16-37-26)25-17-27(29(36)32-14-12-31-13-15-32)34(19-25)28(35)23-8-10-24(30)11-9-23/h2-11,16,25,27,31H,12-15,17-20H2,1H3. The van der Waals surface area contributed by atoms with Gasteiger partial charge in [-0.25, -0.2) is 4.39 Å². The second kappa shape index (κ2) is 11.5. The minimum atomic E-state index is -0.537. The number of hydrogen-bond acceptors (Lipinski definition) is 5. The summed E-state index contributed by atoms with van der Waals surface area (Å²) in [6, 6.07) is 17.8. The van der Waals surface area contributed by atoms with Gasteiger partial charge in [0.15, 0.2) is 0 Å². The van der Waals surface area contributed by atoms with Crippen LogP contribution in [0, 0.1) is 12.7 Å². The van der Waals surface area contributed by atoms with Crippen LogP contribution in [-0.2, 0) is 17.9 Å². The molecule has 6 nitrogen and oxygen atoms in total. The van der Waals surface area contributed by atoms with E-state index in [0.717, 1.165) is 26.2 Å². The Labute approximate surface area is 221 Å². The van der Waals surface area contributed by atoms with Crippen molar-refractivity contribution < 1.29 is 14.0 Å². The SMILES string of the molecule is Cc1ccc(CN(Cc2cccs2)C2CC(C(=O)N3CCNCC3)N(C(=O)c3ccc(F)cc3)C2)cc1. The molecule has 2 fully saturated rings. The van der Waals surface area contributed by atoms with E-state index >= 15 is 0 Å². The molecule has 2 aliphatic rings. The zero-order chi connectivity index (χ0) is 25.8. The largest absolute Gasteiger partial charge is 0.338 e. The number of thiophene rings is 1. The number of carbonyl (C=O) groups excluding carboxylic acids is 2. The zero-order valence-electron chi connectivity index (χ0n) is 21.1. The third-order valence-corrected chi connectivity index (χ3v) is 8.17. The van der Waals surface area contributed by atoms with Gasteiger partial charge in [0, 0.05) is 62.3 Å². The van der Waals surface area contributed by atoms with Crippen LogP contribution in [0.3, 0.4) is 0 Å². The molecular formula is C29H33FN4O2S. The Hall–Kier alpha value is -3.07. The highest BCUT2D eigenvalue weighted by molar-refractivity contribution is 7.09. The second-order valence-electron chi connectivity index (χ2n) is 9.91. The number of nitrogens with zero attached hydrogens (tertiary/aromatic N) is 3. The van der Waals surface area contributed by atoms with Gasteiger partial charge in [0.1, 0.15) is 11.9 Å². The highest BCUT2D eigenvalue weighted by Gasteiger charge is 2.43. The Morgan fingerprint density at radius 3 is 2.43 bits per heavy atom. The predicted molar refractivity (Wildman–Crippen MR) is 144 cm³/mol. The minimum absolute atomic E-state index is 0.00544. The van der Waals surface area contributed by atoms with Crippen molar-refractivity contribution in [1.82, 2.24) is 20.0 Å². The molecule has 8 heteroatoms. The normalized spacial score (nSPS) is 20.0. The van der Waals surface area contributed by atoms with Crippen molar-refractivity contribution in [2.45, 2.75) is 38.5 Å². The fourth-order valence-corrected chi connectivity index (χ4v) is 5.97. The van der Waals surface area contributed by atoms with Crippen LogP contribution in [0.5, 0.6) is 0 Å². The Morgan fingerprint density at radius 1 is 1.03 bits per heavy atom. The van der Waals surface area contributed by atoms with Crippen LogP contribution in [0.2, 0.25) is 0 Å². The monoisotopic (exact) mass is 520 g/mol. The van der Waals surface area contributed by atoms with Crippen LogP contribution in [0.4, 0.5) is 4.39 Å². The second-order valence-corrected chi connectivity index (χ2v) is 10.9. The van der Waals surface area contributed by atoms with Gasteiger partial charge in [0.25, 0.3) is 5.91 Å². The van der Waals surface area contributed by atoms with Crippen molar-refractivity contribution in [2.75, 3.05) is 32.7 Å². The summed E-state index contributed by atoms with van der Waals surface area (Å²) < 4.78 is 13.6. The Morgan fingerprint density at radius 2 is 1.76 bits per heavy atom. The lowest BCUT2D eigenvalue weighted by Crippen LogP contribution is -2.53. The number of nitrogens with one attached hydrogen (secondary N) is 1. The van der Waals surface area contributed by atoms with Gasteiger partial charge in [-0.1, -0.05) is 35.9 Å². The van der Waals surface area contributed by atoms with E-state index in [0.29, 0.717) is 31.6 Å². The first-order valence-corrected chi connectivity index (χ1v) is 13.7. The lowest BCUT2D eigenvalue weighted by atomic mass is 10.1. The number of amides is 2. The molecule has 0 aliphatic carbocycles. The maximum Gasteiger partial charge on any atom is 0.254 e. The van der Waals surface area contributed by atoms with Crippen LogP contribution in [0.1, 0.15) is 32.8 Å². The molecule has 1 N–H and O–H groups in total. The maximum absolute atomic E-state index is 13.7. The van der Waals surface area contributed by atoms with Gasteiger partial charge in [-0.15, -0.1) is 11.3 Å². The van der Waals surface area contributed by atoms with E-state index in [2.05, 4.69) is 58.9 Å². The topological polar surface area (TPSA) is 55.9 Å². The summed E-state index contributed by atoms with van der Waals surface area (Å²) in [4.78, 5) is 34.6. The molecule has 0 radical (unpaired) electrons. The van der Waals surface area contributed by atoms with Crippen LogP contribution < -0.4 is 5.32 Å². The Kier molecular flexibility index (Phi) is 7.98. The number of hydrogen-bond donors (Lipinski definition) is 1. The molecule has 194 valence electrons. The number of benzene rings is 2. The molecule has 3 heterocycles. The summed E-state index contributed by atoms with van der Waals surface area (Å²) in [6.45, 7) is 6.81. The van der Waals surface area contributed by atoms with E-state index in [1.165, 1.54) is 40.3 Å².